The van der Waals surface area contributed by atoms with Crippen molar-refractivity contribution in [3.8, 4) is 22.3 Å². The molecule has 0 fully saturated rings. The van der Waals surface area contributed by atoms with Gasteiger partial charge in [-0.3, -0.25) is 0 Å². The first-order valence-corrected chi connectivity index (χ1v) is 11.8. The predicted octanol–water partition coefficient (Wildman–Crippen LogP) is 9.26. The molecule has 0 amide bonds. The molecule has 0 aliphatic carbocycles. The Kier molecular flexibility index (Phi) is 7.50. The van der Waals surface area contributed by atoms with E-state index < -0.39 is 23.3 Å². The Balaban J connectivity index is 1.54. The fraction of sp³-hybridized carbons (Fsp3) is 0.161. The zero-order valence-electron chi connectivity index (χ0n) is 19.7. The Labute approximate surface area is 203 Å². The van der Waals surface area contributed by atoms with E-state index in [1.54, 1.807) is 66.7 Å². The minimum Gasteiger partial charge on any atom is -0.203 e. The van der Waals surface area contributed by atoms with Gasteiger partial charge in [0.2, 0.25) is 0 Å². The monoisotopic (exact) mass is 474 g/mol. The first-order valence-electron chi connectivity index (χ1n) is 11.8. The maximum absolute atomic E-state index is 14.8. The van der Waals surface area contributed by atoms with Crippen LogP contribution in [0.3, 0.4) is 0 Å². The molecule has 35 heavy (non-hydrogen) atoms. The van der Waals surface area contributed by atoms with Gasteiger partial charge in [-0.25, -0.2) is 17.6 Å². The number of hydrogen-bond donors (Lipinski definition) is 0. The molecule has 178 valence electrons. The van der Waals surface area contributed by atoms with Crippen LogP contribution in [0.5, 0.6) is 0 Å². The van der Waals surface area contributed by atoms with E-state index in [0.29, 0.717) is 23.1 Å². The largest absolute Gasteiger partial charge is 0.203 e. The van der Waals surface area contributed by atoms with Crippen molar-refractivity contribution in [1.82, 2.24) is 0 Å². The van der Waals surface area contributed by atoms with Crippen molar-refractivity contribution in [3.05, 3.63) is 118 Å². The van der Waals surface area contributed by atoms with Crippen molar-refractivity contribution in [2.75, 3.05) is 0 Å². The van der Waals surface area contributed by atoms with E-state index >= 15 is 0 Å². The highest BCUT2D eigenvalue weighted by Crippen LogP contribution is 2.29. The van der Waals surface area contributed by atoms with Crippen LogP contribution in [-0.4, -0.2) is 0 Å². The Morgan fingerprint density at radius 1 is 0.571 bits per heavy atom. The lowest BCUT2D eigenvalue weighted by molar-refractivity contribution is 0.500. The maximum Gasteiger partial charge on any atom is 0.167 e. The van der Waals surface area contributed by atoms with Crippen LogP contribution in [0.2, 0.25) is 0 Å². The summed E-state index contributed by atoms with van der Waals surface area (Å²) in [4.78, 5) is 0. The van der Waals surface area contributed by atoms with Crippen LogP contribution >= 0.6 is 0 Å². The van der Waals surface area contributed by atoms with Gasteiger partial charge in [0.1, 0.15) is 0 Å². The molecule has 0 N–H and O–H groups in total. The molecule has 0 saturated carbocycles. The molecule has 0 bridgehead atoms. The molecule has 0 radical (unpaired) electrons. The highest BCUT2D eigenvalue weighted by Gasteiger charge is 2.15. The predicted molar refractivity (Wildman–Crippen MR) is 136 cm³/mol. The molecule has 4 heteroatoms. The summed E-state index contributed by atoms with van der Waals surface area (Å²) in [6.07, 6.45) is 5.24. The van der Waals surface area contributed by atoms with Crippen molar-refractivity contribution in [1.29, 1.82) is 0 Å². The molecular weight excluding hydrogens is 448 g/mol. The highest BCUT2D eigenvalue weighted by molar-refractivity contribution is 5.74. The smallest absolute Gasteiger partial charge is 0.167 e. The van der Waals surface area contributed by atoms with Gasteiger partial charge in [-0.2, -0.15) is 0 Å². The van der Waals surface area contributed by atoms with Gasteiger partial charge in [0.25, 0.3) is 0 Å². The van der Waals surface area contributed by atoms with Crippen molar-refractivity contribution < 1.29 is 17.6 Å². The molecule has 0 heterocycles. The standard InChI is InChI=1S/C31H26F4/c1-3-5-24-16-18-26(30(34)28(24)32)23-13-8-21(9-14-23)10-15-25-17-19-27(31(35)29(25)33)22-11-6-20(4-2)7-12-22/h6-19H,3-5H2,1-2H3. The summed E-state index contributed by atoms with van der Waals surface area (Å²) < 4.78 is 58.4. The highest BCUT2D eigenvalue weighted by atomic mass is 19.2. The quantitative estimate of drug-likeness (QED) is 0.185. The molecule has 0 unspecified atom stereocenters. The normalized spacial score (nSPS) is 11.4. The zero-order chi connectivity index (χ0) is 24.9. The van der Waals surface area contributed by atoms with Gasteiger partial charge in [0, 0.05) is 16.7 Å². The van der Waals surface area contributed by atoms with Crippen molar-refractivity contribution in [2.24, 2.45) is 0 Å². The molecule has 0 spiro atoms. The van der Waals surface area contributed by atoms with Crippen LogP contribution in [0.25, 0.3) is 34.4 Å². The van der Waals surface area contributed by atoms with Gasteiger partial charge in [-0.1, -0.05) is 105 Å². The molecular formula is C31H26F4. The summed E-state index contributed by atoms with van der Waals surface area (Å²) in [6, 6.07) is 20.5. The second kappa shape index (κ2) is 10.7. The first kappa shape index (κ1) is 24.5. The molecule has 4 rings (SSSR count). The third-order valence-corrected chi connectivity index (χ3v) is 6.14. The van der Waals surface area contributed by atoms with Gasteiger partial charge in [-0.15, -0.1) is 0 Å². The molecule has 0 aliphatic rings. The van der Waals surface area contributed by atoms with Crippen LogP contribution < -0.4 is 0 Å². The van der Waals surface area contributed by atoms with Gasteiger partial charge < -0.3 is 0 Å². The van der Waals surface area contributed by atoms with Crippen LogP contribution in [0.4, 0.5) is 17.6 Å². The van der Waals surface area contributed by atoms with E-state index in [0.717, 1.165) is 24.0 Å². The van der Waals surface area contributed by atoms with Gasteiger partial charge in [0.05, 0.1) is 0 Å². The summed E-state index contributed by atoms with van der Waals surface area (Å²) in [5.41, 5.74) is 3.90. The summed E-state index contributed by atoms with van der Waals surface area (Å²) in [6.45, 7) is 3.95. The number of benzene rings is 4. The molecule has 4 aromatic rings. The van der Waals surface area contributed by atoms with E-state index in [9.17, 15) is 17.6 Å². The van der Waals surface area contributed by atoms with Crippen LogP contribution in [-0.2, 0) is 12.8 Å². The van der Waals surface area contributed by atoms with Crippen molar-refractivity contribution in [3.63, 3.8) is 0 Å². The lowest BCUT2D eigenvalue weighted by Gasteiger charge is -2.09. The fourth-order valence-electron chi connectivity index (χ4n) is 4.07. The minimum absolute atomic E-state index is 0.125. The SMILES string of the molecule is CCCc1ccc(-c2ccc(C=Cc3ccc(-c4ccc(CC)cc4)c(F)c3F)cc2)c(F)c1F. The molecule has 0 aromatic heterocycles. The van der Waals surface area contributed by atoms with Gasteiger partial charge >= 0.3 is 0 Å². The Hall–Kier alpha value is -3.66. The van der Waals surface area contributed by atoms with E-state index in [4.69, 9.17) is 0 Å². The molecule has 0 aliphatic heterocycles. The molecule has 0 nitrogen and oxygen atoms in total. The third-order valence-electron chi connectivity index (χ3n) is 6.14. The van der Waals surface area contributed by atoms with Crippen LogP contribution in [0.15, 0.2) is 72.8 Å². The summed E-state index contributed by atoms with van der Waals surface area (Å²) >= 11 is 0. The van der Waals surface area contributed by atoms with Crippen LogP contribution in [0.1, 0.15) is 42.5 Å². The number of rotatable bonds is 7. The average molecular weight is 475 g/mol. The second-order valence-electron chi connectivity index (χ2n) is 8.49. The van der Waals surface area contributed by atoms with Gasteiger partial charge in [-0.05, 0) is 40.7 Å². The average Bonchev–Trinajstić information content (AvgIpc) is 2.88. The Bertz CT molecular complexity index is 1350. The fourth-order valence-corrected chi connectivity index (χ4v) is 4.07. The molecule has 4 aromatic carbocycles. The first-order chi connectivity index (χ1) is 16.9. The topological polar surface area (TPSA) is 0 Å². The Morgan fingerprint density at radius 2 is 1.14 bits per heavy atom. The lowest BCUT2D eigenvalue weighted by Crippen LogP contribution is -1.97. The van der Waals surface area contributed by atoms with E-state index in [1.165, 1.54) is 6.08 Å². The minimum atomic E-state index is -0.917. The van der Waals surface area contributed by atoms with Crippen LogP contribution in [0, 0.1) is 23.3 Å². The molecule has 0 atom stereocenters. The zero-order valence-corrected chi connectivity index (χ0v) is 19.7. The van der Waals surface area contributed by atoms with E-state index in [-0.39, 0.29) is 16.7 Å². The van der Waals surface area contributed by atoms with Crippen molar-refractivity contribution >= 4 is 12.2 Å². The lowest BCUT2D eigenvalue weighted by atomic mass is 9.99. The number of halogens is 4. The number of hydrogen-bond acceptors (Lipinski definition) is 0. The van der Waals surface area contributed by atoms with Crippen molar-refractivity contribution in [2.45, 2.75) is 33.1 Å². The summed E-state index contributed by atoms with van der Waals surface area (Å²) in [7, 11) is 0. The second-order valence-corrected chi connectivity index (χ2v) is 8.49. The van der Waals surface area contributed by atoms with Gasteiger partial charge in [0.15, 0.2) is 23.3 Å². The Morgan fingerprint density at radius 3 is 1.74 bits per heavy atom. The maximum atomic E-state index is 14.8. The van der Waals surface area contributed by atoms with E-state index in [2.05, 4.69) is 0 Å². The van der Waals surface area contributed by atoms with E-state index in [1.807, 2.05) is 26.0 Å². The summed E-state index contributed by atoms with van der Waals surface area (Å²) in [5, 5.41) is 0. The number of aryl methyl sites for hydroxylation is 2. The molecule has 0 saturated heterocycles. The third kappa shape index (κ3) is 5.22. The summed E-state index contributed by atoms with van der Waals surface area (Å²) in [5.74, 6) is -3.48.